The molecule has 1 aliphatic rings. The zero-order valence-electron chi connectivity index (χ0n) is 19.0. The van der Waals surface area contributed by atoms with Gasteiger partial charge in [0.05, 0.1) is 0 Å². The monoisotopic (exact) mass is 461 g/mol. The van der Waals surface area contributed by atoms with Crippen LogP contribution in [-0.4, -0.2) is 30.2 Å². The van der Waals surface area contributed by atoms with E-state index in [-0.39, 0.29) is 11.8 Å². The van der Waals surface area contributed by atoms with Crippen molar-refractivity contribution < 1.29 is 9.53 Å². The van der Waals surface area contributed by atoms with Gasteiger partial charge in [0.15, 0.2) is 0 Å². The second-order valence-electron chi connectivity index (χ2n) is 8.33. The van der Waals surface area contributed by atoms with Crippen LogP contribution < -0.4 is 14.8 Å². The Hall–Kier alpha value is -2.96. The Bertz CT molecular complexity index is 1000. The third-order valence-electron chi connectivity index (χ3n) is 5.91. The summed E-state index contributed by atoms with van der Waals surface area (Å²) in [4.78, 5) is 15.0. The number of hydrogen-bond donors (Lipinski definition) is 2. The van der Waals surface area contributed by atoms with E-state index < -0.39 is 0 Å². The van der Waals surface area contributed by atoms with Gasteiger partial charge in [0.1, 0.15) is 11.5 Å². The summed E-state index contributed by atoms with van der Waals surface area (Å²) in [6.07, 6.45) is 3.81. The van der Waals surface area contributed by atoms with E-state index in [4.69, 9.17) is 4.74 Å². The fourth-order valence-electron chi connectivity index (χ4n) is 4.05. The van der Waals surface area contributed by atoms with Gasteiger partial charge in [0.2, 0.25) is 5.91 Å². The first-order chi connectivity index (χ1) is 16.2. The highest BCUT2D eigenvalue weighted by molar-refractivity contribution is 7.99. The molecule has 172 valence electrons. The van der Waals surface area contributed by atoms with Crippen LogP contribution in [0.25, 0.3) is 0 Å². The van der Waals surface area contributed by atoms with Gasteiger partial charge in [-0.05, 0) is 73.5 Å². The average Bonchev–Trinajstić information content (AvgIpc) is 2.86. The fraction of sp³-hybridized carbons (Fsp3) is 0.296. The summed E-state index contributed by atoms with van der Waals surface area (Å²) in [5.74, 6) is 1.94. The molecule has 0 atom stereocenters. The first kappa shape index (κ1) is 23.2. The van der Waals surface area contributed by atoms with Gasteiger partial charge in [-0.15, -0.1) is 0 Å². The molecule has 0 saturated carbocycles. The van der Waals surface area contributed by atoms with Gasteiger partial charge < -0.3 is 14.8 Å². The van der Waals surface area contributed by atoms with E-state index in [0.717, 1.165) is 55.2 Å². The molecule has 1 aliphatic heterocycles. The van der Waals surface area contributed by atoms with Crippen molar-refractivity contribution in [3.63, 3.8) is 0 Å². The molecule has 2 N–H and O–H groups in total. The van der Waals surface area contributed by atoms with Gasteiger partial charge in [0.25, 0.3) is 0 Å². The molecule has 1 amide bonds. The number of likely N-dealkylation sites (tertiary alicyclic amines) is 1. The predicted molar refractivity (Wildman–Crippen MR) is 136 cm³/mol. The molecule has 6 heteroatoms. The molecule has 1 saturated heterocycles. The van der Waals surface area contributed by atoms with Gasteiger partial charge in [-0.25, -0.2) is 0 Å². The van der Waals surface area contributed by atoms with Crippen LogP contribution in [0.4, 0.5) is 5.69 Å². The number of carbonyl (C=O) groups excluding carboxylic acids is 1. The normalized spacial score (nSPS) is 14.6. The molecule has 3 aromatic rings. The third kappa shape index (κ3) is 7.01. The molecule has 33 heavy (non-hydrogen) atoms. The number of carbonyl (C=O) groups is 1. The summed E-state index contributed by atoms with van der Waals surface area (Å²) in [7, 11) is 0. The molecular formula is C27H31N3O2S. The highest BCUT2D eigenvalue weighted by Crippen LogP contribution is 2.25. The van der Waals surface area contributed by atoms with Gasteiger partial charge in [-0.3, -0.25) is 9.69 Å². The van der Waals surface area contributed by atoms with Crippen molar-refractivity contribution in [2.24, 2.45) is 5.92 Å². The maximum absolute atomic E-state index is 12.5. The number of ether oxygens (including phenoxy) is 1. The number of benzene rings is 3. The molecule has 3 aromatic carbocycles. The van der Waals surface area contributed by atoms with Crippen molar-refractivity contribution in [1.82, 2.24) is 10.2 Å². The number of amides is 1. The van der Waals surface area contributed by atoms with Crippen LogP contribution in [0.3, 0.4) is 0 Å². The van der Waals surface area contributed by atoms with Crippen LogP contribution in [-0.2, 0) is 17.9 Å². The lowest BCUT2D eigenvalue weighted by Crippen LogP contribution is -2.40. The Morgan fingerprint density at radius 3 is 2.18 bits per heavy atom. The first-order valence-electron chi connectivity index (χ1n) is 11.4. The van der Waals surface area contributed by atoms with Crippen LogP contribution in [0.15, 0.2) is 78.9 Å². The summed E-state index contributed by atoms with van der Waals surface area (Å²) in [5.41, 5.74) is 3.46. The Morgan fingerprint density at radius 1 is 0.909 bits per heavy atom. The lowest BCUT2D eigenvalue weighted by molar-refractivity contribution is -0.126. The van der Waals surface area contributed by atoms with E-state index in [1.54, 1.807) is 11.9 Å². The number of piperidine rings is 1. The number of nitrogens with one attached hydrogen (secondary N) is 2. The van der Waals surface area contributed by atoms with E-state index >= 15 is 0 Å². The van der Waals surface area contributed by atoms with E-state index in [2.05, 4.69) is 27.1 Å². The highest BCUT2D eigenvalue weighted by atomic mass is 32.2. The molecule has 0 aliphatic carbocycles. The van der Waals surface area contributed by atoms with Gasteiger partial charge >= 0.3 is 0 Å². The van der Waals surface area contributed by atoms with E-state index in [0.29, 0.717) is 6.54 Å². The summed E-state index contributed by atoms with van der Waals surface area (Å²) in [5, 5.41) is 3.09. The Balaban J connectivity index is 1.20. The van der Waals surface area contributed by atoms with Crippen LogP contribution in [0, 0.1) is 5.92 Å². The minimum absolute atomic E-state index is 0.109. The molecule has 0 radical (unpaired) electrons. The highest BCUT2D eigenvalue weighted by Gasteiger charge is 2.24. The van der Waals surface area contributed by atoms with Crippen molar-refractivity contribution in [3.8, 4) is 11.5 Å². The van der Waals surface area contributed by atoms with Crippen molar-refractivity contribution in [1.29, 1.82) is 0 Å². The minimum atomic E-state index is 0.109. The first-order valence-corrected chi connectivity index (χ1v) is 12.6. The number of nitrogens with zero attached hydrogens (tertiary/aromatic N) is 1. The van der Waals surface area contributed by atoms with Crippen LogP contribution in [0.5, 0.6) is 11.5 Å². The average molecular weight is 462 g/mol. The summed E-state index contributed by atoms with van der Waals surface area (Å²) < 4.78 is 9.16. The number of anilines is 1. The maximum atomic E-state index is 12.5. The summed E-state index contributed by atoms with van der Waals surface area (Å²) in [6, 6.07) is 26.3. The predicted octanol–water partition coefficient (Wildman–Crippen LogP) is 5.70. The molecule has 0 aromatic heterocycles. The third-order valence-corrected chi connectivity index (χ3v) is 6.35. The summed E-state index contributed by atoms with van der Waals surface area (Å²) >= 11 is 1.57. The number of rotatable bonds is 9. The molecular weight excluding hydrogens is 430 g/mol. The fourth-order valence-corrected chi connectivity index (χ4v) is 4.42. The van der Waals surface area contributed by atoms with E-state index in [9.17, 15) is 4.79 Å². The van der Waals surface area contributed by atoms with Crippen LogP contribution >= 0.6 is 11.9 Å². The zero-order chi connectivity index (χ0) is 22.9. The largest absolute Gasteiger partial charge is 0.457 e. The second-order valence-corrected chi connectivity index (χ2v) is 8.94. The van der Waals surface area contributed by atoms with Crippen molar-refractivity contribution in [3.05, 3.63) is 90.0 Å². The van der Waals surface area contributed by atoms with Crippen LogP contribution in [0.2, 0.25) is 0 Å². The zero-order valence-corrected chi connectivity index (χ0v) is 19.8. The molecule has 4 rings (SSSR count). The van der Waals surface area contributed by atoms with Gasteiger partial charge in [-0.1, -0.05) is 54.4 Å². The Kier molecular flexibility index (Phi) is 8.28. The second kappa shape index (κ2) is 11.8. The smallest absolute Gasteiger partial charge is 0.223 e. The lowest BCUT2D eigenvalue weighted by Gasteiger charge is -2.31. The van der Waals surface area contributed by atoms with Crippen LogP contribution in [0.1, 0.15) is 24.0 Å². The summed E-state index contributed by atoms with van der Waals surface area (Å²) in [6.45, 7) is 3.39. The standard InChI is InChI=1S/C27H31N3O2S/c1-33-29-24-9-13-26(14-10-24)32-25-11-7-22(8-12-25)20-30-17-15-23(16-18-30)27(31)28-19-21-5-3-2-4-6-21/h2-14,23,29H,15-20H2,1H3,(H,28,31). The van der Waals surface area contributed by atoms with Crippen molar-refractivity contribution in [2.45, 2.75) is 25.9 Å². The lowest BCUT2D eigenvalue weighted by atomic mass is 9.95. The molecule has 1 fully saturated rings. The number of hydrogen-bond acceptors (Lipinski definition) is 5. The molecule has 5 nitrogen and oxygen atoms in total. The molecule has 0 spiro atoms. The Morgan fingerprint density at radius 2 is 1.55 bits per heavy atom. The topological polar surface area (TPSA) is 53.6 Å². The Labute approximate surface area is 200 Å². The molecule has 0 bridgehead atoms. The minimum Gasteiger partial charge on any atom is -0.457 e. The van der Waals surface area contributed by atoms with Gasteiger partial charge in [0, 0.05) is 31.0 Å². The SMILES string of the molecule is CSNc1ccc(Oc2ccc(CN3CCC(C(=O)NCc4ccccc4)CC3)cc2)cc1. The van der Waals surface area contributed by atoms with Crippen molar-refractivity contribution in [2.75, 3.05) is 24.1 Å². The van der Waals surface area contributed by atoms with Gasteiger partial charge in [-0.2, -0.15) is 0 Å². The molecule has 0 unspecified atom stereocenters. The van der Waals surface area contributed by atoms with E-state index in [1.165, 1.54) is 5.56 Å². The van der Waals surface area contributed by atoms with Crippen molar-refractivity contribution >= 4 is 23.5 Å². The maximum Gasteiger partial charge on any atom is 0.223 e. The molecule has 1 heterocycles. The quantitative estimate of drug-likeness (QED) is 0.401. The van der Waals surface area contributed by atoms with E-state index in [1.807, 2.05) is 73.0 Å².